The predicted octanol–water partition coefficient (Wildman–Crippen LogP) is 2.95. The second kappa shape index (κ2) is 8.31. The topological polar surface area (TPSA) is 99.1 Å². The summed E-state index contributed by atoms with van der Waals surface area (Å²) in [5.74, 6) is -0.906. The van der Waals surface area contributed by atoms with E-state index in [1.165, 1.54) is 12.1 Å². The predicted molar refractivity (Wildman–Crippen MR) is 105 cm³/mol. The number of ether oxygens (including phenoxy) is 1. The average Bonchev–Trinajstić information content (AvgIpc) is 2.68. The highest BCUT2D eigenvalue weighted by molar-refractivity contribution is 6.06. The molecule has 28 heavy (non-hydrogen) atoms. The van der Waals surface area contributed by atoms with Gasteiger partial charge in [-0.15, -0.1) is 0 Å². The molecular weight excluding hydrogens is 360 g/mol. The van der Waals surface area contributed by atoms with Crippen LogP contribution in [0.15, 0.2) is 36.4 Å². The standard InChI is InChI=1S/C21H24N2O5/c1-13(2)16-11-17(19(25)12-18(16)24)20(26)22-15-5-3-14(4-6-15)21(27)23-7-9-28-10-8-23/h3-6,11-13,24-25H,7-10H2,1-2H3,(H,22,26). The Bertz CT molecular complexity index is 871. The zero-order valence-corrected chi connectivity index (χ0v) is 15.9. The zero-order chi connectivity index (χ0) is 20.3. The molecule has 3 N–H and O–H groups in total. The van der Waals surface area contributed by atoms with E-state index in [-0.39, 0.29) is 28.9 Å². The van der Waals surface area contributed by atoms with Crippen LogP contribution in [-0.2, 0) is 4.74 Å². The summed E-state index contributed by atoms with van der Waals surface area (Å²) >= 11 is 0. The van der Waals surface area contributed by atoms with Crippen molar-refractivity contribution in [2.24, 2.45) is 0 Å². The first-order chi connectivity index (χ1) is 13.4. The van der Waals surface area contributed by atoms with Crippen LogP contribution in [0, 0.1) is 0 Å². The van der Waals surface area contributed by atoms with Crippen LogP contribution in [0.5, 0.6) is 11.5 Å². The van der Waals surface area contributed by atoms with Crippen molar-refractivity contribution in [3.05, 3.63) is 53.1 Å². The lowest BCUT2D eigenvalue weighted by Gasteiger charge is -2.26. The summed E-state index contributed by atoms with van der Waals surface area (Å²) < 4.78 is 5.25. The van der Waals surface area contributed by atoms with Gasteiger partial charge >= 0.3 is 0 Å². The van der Waals surface area contributed by atoms with E-state index in [0.29, 0.717) is 43.1 Å². The average molecular weight is 384 g/mol. The van der Waals surface area contributed by atoms with E-state index < -0.39 is 5.91 Å². The number of hydrogen-bond donors (Lipinski definition) is 3. The fourth-order valence-electron chi connectivity index (χ4n) is 3.08. The molecule has 1 aliphatic heterocycles. The monoisotopic (exact) mass is 384 g/mol. The zero-order valence-electron chi connectivity index (χ0n) is 15.9. The minimum absolute atomic E-state index is 0.00219. The summed E-state index contributed by atoms with van der Waals surface area (Å²) in [7, 11) is 0. The molecule has 1 saturated heterocycles. The molecule has 3 rings (SSSR count). The van der Waals surface area contributed by atoms with Crippen LogP contribution in [0.25, 0.3) is 0 Å². The van der Waals surface area contributed by atoms with Crippen molar-refractivity contribution >= 4 is 17.5 Å². The van der Waals surface area contributed by atoms with E-state index in [0.717, 1.165) is 0 Å². The molecular formula is C21H24N2O5. The Morgan fingerprint density at radius 3 is 2.29 bits per heavy atom. The molecule has 0 saturated carbocycles. The Kier molecular flexibility index (Phi) is 5.84. The van der Waals surface area contributed by atoms with Crippen molar-refractivity contribution in [1.29, 1.82) is 0 Å². The lowest BCUT2D eigenvalue weighted by molar-refractivity contribution is 0.0303. The number of phenols is 2. The molecule has 0 radical (unpaired) electrons. The van der Waals surface area contributed by atoms with Gasteiger partial charge in [-0.25, -0.2) is 0 Å². The van der Waals surface area contributed by atoms with Crippen LogP contribution < -0.4 is 5.32 Å². The van der Waals surface area contributed by atoms with Crippen molar-refractivity contribution in [3.8, 4) is 11.5 Å². The molecule has 0 spiro atoms. The van der Waals surface area contributed by atoms with E-state index in [4.69, 9.17) is 4.74 Å². The lowest BCUT2D eigenvalue weighted by Crippen LogP contribution is -2.40. The van der Waals surface area contributed by atoms with Crippen molar-refractivity contribution in [2.45, 2.75) is 19.8 Å². The number of nitrogens with zero attached hydrogens (tertiary/aromatic N) is 1. The molecule has 1 heterocycles. The quantitative estimate of drug-likeness (QED) is 0.753. The largest absolute Gasteiger partial charge is 0.508 e. The van der Waals surface area contributed by atoms with Gasteiger partial charge in [0.1, 0.15) is 11.5 Å². The van der Waals surface area contributed by atoms with Crippen LogP contribution in [0.4, 0.5) is 5.69 Å². The molecule has 0 aliphatic carbocycles. The Labute approximate surface area is 163 Å². The highest BCUT2D eigenvalue weighted by Crippen LogP contribution is 2.32. The number of carbonyl (C=O) groups excluding carboxylic acids is 2. The maximum Gasteiger partial charge on any atom is 0.259 e. The van der Waals surface area contributed by atoms with Gasteiger partial charge < -0.3 is 25.2 Å². The van der Waals surface area contributed by atoms with E-state index in [1.54, 1.807) is 29.2 Å². The van der Waals surface area contributed by atoms with Crippen LogP contribution in [-0.4, -0.2) is 53.2 Å². The van der Waals surface area contributed by atoms with E-state index in [2.05, 4.69) is 5.32 Å². The molecule has 2 amide bonds. The minimum Gasteiger partial charge on any atom is -0.508 e. The van der Waals surface area contributed by atoms with Gasteiger partial charge in [0.25, 0.3) is 11.8 Å². The molecule has 2 aromatic carbocycles. The first-order valence-electron chi connectivity index (χ1n) is 9.21. The van der Waals surface area contributed by atoms with Gasteiger partial charge in [-0.2, -0.15) is 0 Å². The SMILES string of the molecule is CC(C)c1cc(C(=O)Nc2ccc(C(=O)N3CCOCC3)cc2)c(O)cc1O. The third-order valence-corrected chi connectivity index (χ3v) is 4.70. The second-order valence-corrected chi connectivity index (χ2v) is 7.02. The Morgan fingerprint density at radius 1 is 1.04 bits per heavy atom. The smallest absolute Gasteiger partial charge is 0.259 e. The first-order valence-corrected chi connectivity index (χ1v) is 9.21. The second-order valence-electron chi connectivity index (χ2n) is 7.02. The fraction of sp³-hybridized carbons (Fsp3) is 0.333. The fourth-order valence-corrected chi connectivity index (χ4v) is 3.08. The third-order valence-electron chi connectivity index (χ3n) is 4.70. The van der Waals surface area contributed by atoms with Gasteiger partial charge in [-0.3, -0.25) is 9.59 Å². The highest BCUT2D eigenvalue weighted by atomic mass is 16.5. The van der Waals surface area contributed by atoms with Crippen LogP contribution >= 0.6 is 0 Å². The van der Waals surface area contributed by atoms with Crippen molar-refractivity contribution in [1.82, 2.24) is 4.90 Å². The Morgan fingerprint density at radius 2 is 1.68 bits per heavy atom. The number of rotatable bonds is 4. The summed E-state index contributed by atoms with van der Waals surface area (Å²) in [6.07, 6.45) is 0. The van der Waals surface area contributed by atoms with Crippen LogP contribution in [0.3, 0.4) is 0 Å². The summed E-state index contributed by atoms with van der Waals surface area (Å²) in [5, 5.41) is 22.6. The molecule has 2 aromatic rings. The van der Waals surface area contributed by atoms with E-state index in [9.17, 15) is 19.8 Å². The minimum atomic E-state index is -0.494. The van der Waals surface area contributed by atoms with E-state index >= 15 is 0 Å². The number of hydrogen-bond acceptors (Lipinski definition) is 5. The number of benzene rings is 2. The number of anilines is 1. The van der Waals surface area contributed by atoms with Gasteiger partial charge in [0.15, 0.2) is 0 Å². The number of aromatic hydroxyl groups is 2. The summed E-state index contributed by atoms with van der Waals surface area (Å²) in [4.78, 5) is 26.7. The van der Waals surface area contributed by atoms with Crippen LogP contribution in [0.1, 0.15) is 46.0 Å². The number of carbonyl (C=O) groups is 2. The number of morpholine rings is 1. The third kappa shape index (κ3) is 4.26. The highest BCUT2D eigenvalue weighted by Gasteiger charge is 2.19. The van der Waals surface area contributed by atoms with E-state index in [1.807, 2.05) is 13.8 Å². The van der Waals surface area contributed by atoms with Gasteiger partial charge in [-0.1, -0.05) is 13.8 Å². The molecule has 0 bridgehead atoms. The Balaban J connectivity index is 1.73. The van der Waals surface area contributed by atoms with Crippen LogP contribution in [0.2, 0.25) is 0 Å². The van der Waals surface area contributed by atoms with Gasteiger partial charge in [0, 0.05) is 30.4 Å². The molecule has 1 aliphatic rings. The molecule has 0 atom stereocenters. The molecule has 7 nitrogen and oxygen atoms in total. The number of phenolic OH excluding ortho intramolecular Hbond substituents is 2. The molecule has 0 unspecified atom stereocenters. The number of amides is 2. The number of nitrogens with one attached hydrogen (secondary N) is 1. The summed E-state index contributed by atoms with van der Waals surface area (Å²) in [5.41, 5.74) is 1.70. The lowest BCUT2D eigenvalue weighted by atomic mass is 9.98. The van der Waals surface area contributed by atoms with Gasteiger partial charge in [0.05, 0.1) is 18.8 Å². The van der Waals surface area contributed by atoms with Crippen molar-refractivity contribution in [2.75, 3.05) is 31.6 Å². The summed E-state index contributed by atoms with van der Waals surface area (Å²) in [6, 6.07) is 9.27. The molecule has 0 aromatic heterocycles. The van der Waals surface area contributed by atoms with Crippen molar-refractivity contribution < 1.29 is 24.5 Å². The van der Waals surface area contributed by atoms with Crippen molar-refractivity contribution in [3.63, 3.8) is 0 Å². The maximum absolute atomic E-state index is 12.5. The molecule has 7 heteroatoms. The molecule has 1 fully saturated rings. The summed E-state index contributed by atoms with van der Waals surface area (Å²) in [6.45, 7) is 5.98. The first kappa shape index (κ1) is 19.7. The Hall–Kier alpha value is -3.06. The normalized spacial score (nSPS) is 14.2. The molecule has 148 valence electrons. The van der Waals surface area contributed by atoms with Gasteiger partial charge in [-0.05, 0) is 41.8 Å². The maximum atomic E-state index is 12.5. The van der Waals surface area contributed by atoms with Gasteiger partial charge in [0.2, 0.25) is 0 Å².